The SMILES string of the molecule is CCCCCCCCC(=O)OCC(CCCCCC)CCCCCC. The second-order valence-corrected chi connectivity index (χ2v) is 7.77. The van der Waals surface area contributed by atoms with E-state index in [0.29, 0.717) is 18.9 Å². The van der Waals surface area contributed by atoms with Crippen molar-refractivity contribution in [3.05, 3.63) is 0 Å². The number of carbonyl (C=O) groups is 1. The molecule has 0 atom stereocenters. The van der Waals surface area contributed by atoms with Gasteiger partial charge in [0.1, 0.15) is 0 Å². The average Bonchev–Trinajstić information content (AvgIpc) is 2.62. The zero-order valence-electron chi connectivity index (χ0n) is 17.6. The molecule has 0 aliphatic carbocycles. The van der Waals surface area contributed by atoms with Crippen LogP contribution in [-0.4, -0.2) is 12.6 Å². The van der Waals surface area contributed by atoms with Gasteiger partial charge in [-0.15, -0.1) is 0 Å². The number of esters is 1. The molecule has 2 nitrogen and oxygen atoms in total. The second kappa shape index (κ2) is 19.8. The summed E-state index contributed by atoms with van der Waals surface area (Å²) in [4.78, 5) is 12.0. The Morgan fingerprint density at radius 3 is 1.60 bits per heavy atom. The van der Waals surface area contributed by atoms with E-state index in [4.69, 9.17) is 4.74 Å². The van der Waals surface area contributed by atoms with Crippen LogP contribution in [0.15, 0.2) is 0 Å². The Bertz CT molecular complexity index is 263. The van der Waals surface area contributed by atoms with E-state index in [1.165, 1.54) is 96.3 Å². The van der Waals surface area contributed by atoms with E-state index in [1.54, 1.807) is 0 Å². The van der Waals surface area contributed by atoms with Gasteiger partial charge < -0.3 is 4.74 Å². The highest BCUT2D eigenvalue weighted by Crippen LogP contribution is 2.19. The first-order valence-electron chi connectivity index (χ1n) is 11.4. The molecule has 2 heteroatoms. The summed E-state index contributed by atoms with van der Waals surface area (Å²) in [6.07, 6.45) is 20.9. The van der Waals surface area contributed by atoms with Crippen molar-refractivity contribution in [3.63, 3.8) is 0 Å². The number of ether oxygens (including phenoxy) is 1. The molecule has 0 amide bonds. The quantitative estimate of drug-likeness (QED) is 0.174. The molecule has 0 fully saturated rings. The molecule has 0 spiro atoms. The van der Waals surface area contributed by atoms with Crippen molar-refractivity contribution in [3.8, 4) is 0 Å². The average molecular weight is 355 g/mol. The van der Waals surface area contributed by atoms with Gasteiger partial charge in [-0.05, 0) is 25.2 Å². The van der Waals surface area contributed by atoms with E-state index >= 15 is 0 Å². The van der Waals surface area contributed by atoms with Crippen LogP contribution in [0.3, 0.4) is 0 Å². The van der Waals surface area contributed by atoms with E-state index in [-0.39, 0.29) is 5.97 Å². The molecule has 0 N–H and O–H groups in total. The van der Waals surface area contributed by atoms with Gasteiger partial charge >= 0.3 is 5.97 Å². The maximum Gasteiger partial charge on any atom is 0.305 e. The smallest absolute Gasteiger partial charge is 0.305 e. The Labute approximate surface area is 158 Å². The summed E-state index contributed by atoms with van der Waals surface area (Å²) in [5.41, 5.74) is 0. The molecule has 0 aliphatic heterocycles. The molecular formula is C23H46O2. The molecule has 0 heterocycles. The molecular weight excluding hydrogens is 308 g/mol. The van der Waals surface area contributed by atoms with Gasteiger partial charge in [0.2, 0.25) is 0 Å². The first-order chi connectivity index (χ1) is 12.2. The number of unbranched alkanes of at least 4 members (excludes halogenated alkanes) is 11. The van der Waals surface area contributed by atoms with E-state index in [0.717, 1.165) is 6.42 Å². The predicted octanol–water partition coefficient (Wildman–Crippen LogP) is 7.84. The molecule has 150 valence electrons. The van der Waals surface area contributed by atoms with Crippen LogP contribution in [0.2, 0.25) is 0 Å². The van der Waals surface area contributed by atoms with Gasteiger partial charge in [0.15, 0.2) is 0 Å². The zero-order chi connectivity index (χ0) is 18.6. The first-order valence-corrected chi connectivity index (χ1v) is 11.4. The summed E-state index contributed by atoms with van der Waals surface area (Å²) in [5.74, 6) is 0.616. The van der Waals surface area contributed by atoms with Crippen molar-refractivity contribution >= 4 is 5.97 Å². The van der Waals surface area contributed by atoms with Crippen LogP contribution in [-0.2, 0) is 9.53 Å². The summed E-state index contributed by atoms with van der Waals surface area (Å²) in [6.45, 7) is 7.41. The highest BCUT2D eigenvalue weighted by Gasteiger charge is 2.12. The summed E-state index contributed by atoms with van der Waals surface area (Å²) in [7, 11) is 0. The predicted molar refractivity (Wildman–Crippen MR) is 110 cm³/mol. The lowest BCUT2D eigenvalue weighted by Crippen LogP contribution is -2.14. The maximum absolute atomic E-state index is 12.0. The van der Waals surface area contributed by atoms with E-state index < -0.39 is 0 Å². The number of carbonyl (C=O) groups excluding carboxylic acids is 1. The highest BCUT2D eigenvalue weighted by atomic mass is 16.5. The van der Waals surface area contributed by atoms with Gasteiger partial charge in [-0.1, -0.05) is 104 Å². The van der Waals surface area contributed by atoms with Gasteiger partial charge in [-0.2, -0.15) is 0 Å². The highest BCUT2D eigenvalue weighted by molar-refractivity contribution is 5.69. The molecule has 0 bridgehead atoms. The van der Waals surface area contributed by atoms with Gasteiger partial charge in [0.05, 0.1) is 6.61 Å². The number of hydrogen-bond donors (Lipinski definition) is 0. The largest absolute Gasteiger partial charge is 0.465 e. The summed E-state index contributed by atoms with van der Waals surface area (Å²) < 4.78 is 5.61. The molecule has 0 unspecified atom stereocenters. The van der Waals surface area contributed by atoms with Crippen LogP contribution in [0.5, 0.6) is 0 Å². The minimum absolute atomic E-state index is 0.0302. The summed E-state index contributed by atoms with van der Waals surface area (Å²) >= 11 is 0. The fourth-order valence-corrected chi connectivity index (χ4v) is 3.36. The topological polar surface area (TPSA) is 26.3 Å². The van der Waals surface area contributed by atoms with Crippen LogP contribution < -0.4 is 0 Å². The minimum Gasteiger partial charge on any atom is -0.465 e. The first kappa shape index (κ1) is 24.5. The lowest BCUT2D eigenvalue weighted by Gasteiger charge is -2.17. The van der Waals surface area contributed by atoms with Crippen molar-refractivity contribution in [1.82, 2.24) is 0 Å². The third-order valence-electron chi connectivity index (χ3n) is 5.15. The van der Waals surface area contributed by atoms with Crippen molar-refractivity contribution in [2.45, 2.75) is 130 Å². The van der Waals surface area contributed by atoms with Crippen LogP contribution in [0.4, 0.5) is 0 Å². The molecule has 0 saturated carbocycles. The fourth-order valence-electron chi connectivity index (χ4n) is 3.36. The van der Waals surface area contributed by atoms with Gasteiger partial charge in [-0.25, -0.2) is 0 Å². The Morgan fingerprint density at radius 1 is 0.640 bits per heavy atom. The van der Waals surface area contributed by atoms with Gasteiger partial charge in [0.25, 0.3) is 0 Å². The normalized spacial score (nSPS) is 11.2. The Hall–Kier alpha value is -0.530. The lowest BCUT2D eigenvalue weighted by molar-refractivity contribution is -0.145. The molecule has 0 saturated heterocycles. The molecule has 0 aromatic heterocycles. The Balaban J connectivity index is 3.85. The molecule has 0 aliphatic rings. The number of rotatable bonds is 19. The second-order valence-electron chi connectivity index (χ2n) is 7.77. The van der Waals surface area contributed by atoms with E-state index in [9.17, 15) is 4.79 Å². The third-order valence-corrected chi connectivity index (χ3v) is 5.15. The zero-order valence-corrected chi connectivity index (χ0v) is 17.6. The van der Waals surface area contributed by atoms with Crippen LogP contribution in [0, 0.1) is 5.92 Å². The summed E-state index contributed by atoms with van der Waals surface area (Å²) in [6, 6.07) is 0. The van der Waals surface area contributed by atoms with Gasteiger partial charge in [0, 0.05) is 6.42 Å². The van der Waals surface area contributed by atoms with Crippen LogP contribution in [0.25, 0.3) is 0 Å². The lowest BCUT2D eigenvalue weighted by atomic mass is 9.95. The van der Waals surface area contributed by atoms with E-state index in [2.05, 4.69) is 20.8 Å². The molecule has 0 rings (SSSR count). The van der Waals surface area contributed by atoms with Crippen molar-refractivity contribution in [2.75, 3.05) is 6.61 Å². The van der Waals surface area contributed by atoms with Crippen molar-refractivity contribution < 1.29 is 9.53 Å². The molecule has 0 radical (unpaired) electrons. The van der Waals surface area contributed by atoms with Crippen molar-refractivity contribution in [2.24, 2.45) is 5.92 Å². The standard InChI is InChI=1S/C23H46O2/c1-4-7-10-13-14-17-20-23(24)25-21-22(18-15-11-8-5-2)19-16-12-9-6-3/h22H,4-21H2,1-3H3. The number of hydrogen-bond acceptors (Lipinski definition) is 2. The van der Waals surface area contributed by atoms with Gasteiger partial charge in [-0.3, -0.25) is 4.79 Å². The Kier molecular flexibility index (Phi) is 19.4. The van der Waals surface area contributed by atoms with Crippen molar-refractivity contribution in [1.29, 1.82) is 0 Å². The molecule has 0 aromatic carbocycles. The van der Waals surface area contributed by atoms with E-state index in [1.807, 2.05) is 0 Å². The Morgan fingerprint density at radius 2 is 1.08 bits per heavy atom. The molecule has 25 heavy (non-hydrogen) atoms. The fraction of sp³-hybridized carbons (Fsp3) is 0.957. The monoisotopic (exact) mass is 354 g/mol. The maximum atomic E-state index is 12.0. The molecule has 0 aromatic rings. The summed E-state index contributed by atoms with van der Waals surface area (Å²) in [5, 5.41) is 0. The van der Waals surface area contributed by atoms with Crippen LogP contribution >= 0.6 is 0 Å². The third kappa shape index (κ3) is 18.1. The minimum atomic E-state index is 0.0302. The van der Waals surface area contributed by atoms with Crippen LogP contribution in [0.1, 0.15) is 130 Å².